The summed E-state index contributed by atoms with van der Waals surface area (Å²) in [6, 6.07) is -1.26. The van der Waals surface area contributed by atoms with Crippen LogP contribution in [0.1, 0.15) is 33.6 Å². The Kier molecular flexibility index (Phi) is 5.68. The summed E-state index contributed by atoms with van der Waals surface area (Å²) in [7, 11) is 0. The van der Waals surface area contributed by atoms with Crippen LogP contribution in [-0.2, 0) is 0 Å². The average molecular weight is 295 g/mol. The normalized spacial score (nSPS) is 26.3. The molecule has 3 unspecified atom stereocenters. The van der Waals surface area contributed by atoms with Crippen molar-refractivity contribution in [1.82, 2.24) is 10.2 Å². The maximum atomic E-state index is 12.8. The number of carbonyl (C=O) groups is 1. The van der Waals surface area contributed by atoms with Crippen molar-refractivity contribution in [3.8, 4) is 0 Å². The number of nitrogens with two attached hydrogens (primary N) is 1. The van der Waals surface area contributed by atoms with E-state index in [2.05, 4.69) is 5.32 Å². The number of hydrogen-bond acceptors (Lipinski definition) is 2. The minimum Gasteiger partial charge on any atom is -0.335 e. The molecule has 1 saturated heterocycles. The largest absolute Gasteiger partial charge is 0.393 e. The van der Waals surface area contributed by atoms with Crippen LogP contribution in [0, 0.1) is 11.8 Å². The lowest BCUT2D eigenvalue weighted by atomic mass is 9.95. The van der Waals surface area contributed by atoms with Crippen LogP contribution in [0.15, 0.2) is 0 Å². The molecule has 1 heterocycles. The van der Waals surface area contributed by atoms with E-state index in [1.54, 1.807) is 0 Å². The van der Waals surface area contributed by atoms with Crippen molar-refractivity contribution in [3.05, 3.63) is 0 Å². The fourth-order valence-electron chi connectivity index (χ4n) is 2.19. The van der Waals surface area contributed by atoms with Crippen molar-refractivity contribution in [1.29, 1.82) is 0 Å². The molecule has 2 amide bonds. The van der Waals surface area contributed by atoms with Crippen LogP contribution in [0.3, 0.4) is 0 Å². The molecule has 0 aliphatic carbocycles. The Morgan fingerprint density at radius 2 is 1.80 bits per heavy atom. The molecule has 0 aromatic rings. The van der Waals surface area contributed by atoms with Crippen LogP contribution < -0.4 is 11.1 Å². The molecule has 20 heavy (non-hydrogen) atoms. The zero-order valence-corrected chi connectivity index (χ0v) is 12.2. The van der Waals surface area contributed by atoms with E-state index in [9.17, 15) is 18.0 Å². The first-order valence-corrected chi connectivity index (χ1v) is 7.00. The Morgan fingerprint density at radius 1 is 1.25 bits per heavy atom. The fourth-order valence-corrected chi connectivity index (χ4v) is 2.19. The third-order valence-electron chi connectivity index (χ3n) is 4.02. The van der Waals surface area contributed by atoms with Crippen molar-refractivity contribution >= 4 is 6.03 Å². The van der Waals surface area contributed by atoms with E-state index in [-0.39, 0.29) is 43.9 Å². The van der Waals surface area contributed by atoms with Crippen molar-refractivity contribution < 1.29 is 18.0 Å². The highest BCUT2D eigenvalue weighted by molar-refractivity contribution is 5.74. The molecule has 0 spiro atoms. The molecule has 1 fully saturated rings. The van der Waals surface area contributed by atoms with Gasteiger partial charge < -0.3 is 16.0 Å². The lowest BCUT2D eigenvalue weighted by molar-refractivity contribution is -0.180. The smallest absolute Gasteiger partial charge is 0.335 e. The first kappa shape index (κ1) is 17.1. The Bertz CT molecular complexity index is 333. The highest BCUT2D eigenvalue weighted by atomic mass is 19.4. The number of nitrogens with zero attached hydrogens (tertiary/aromatic N) is 1. The number of likely N-dealkylation sites (tertiary alicyclic amines) is 1. The van der Waals surface area contributed by atoms with Crippen molar-refractivity contribution in [3.63, 3.8) is 0 Å². The maximum absolute atomic E-state index is 12.8. The number of amides is 2. The zero-order valence-electron chi connectivity index (χ0n) is 12.2. The van der Waals surface area contributed by atoms with Crippen molar-refractivity contribution in [2.24, 2.45) is 17.6 Å². The molecule has 1 rings (SSSR count). The SMILES string of the molecule is CC(C)C(C)NC(=O)N1CCC(N)C(C(F)(F)F)CC1. The summed E-state index contributed by atoms with van der Waals surface area (Å²) in [5, 5.41) is 2.81. The van der Waals surface area contributed by atoms with Gasteiger partial charge in [0.05, 0.1) is 5.92 Å². The van der Waals surface area contributed by atoms with Gasteiger partial charge in [-0.25, -0.2) is 4.79 Å². The average Bonchev–Trinajstić information content (AvgIpc) is 2.50. The second kappa shape index (κ2) is 6.65. The number of rotatable bonds is 2. The number of urea groups is 1. The van der Waals surface area contributed by atoms with E-state index in [0.29, 0.717) is 0 Å². The molecule has 7 heteroatoms. The van der Waals surface area contributed by atoms with Crippen LogP contribution >= 0.6 is 0 Å². The van der Waals surface area contributed by atoms with Gasteiger partial charge in [0.1, 0.15) is 0 Å². The first-order chi connectivity index (χ1) is 9.12. The minimum atomic E-state index is -4.29. The van der Waals surface area contributed by atoms with Crippen LogP contribution in [-0.4, -0.2) is 42.3 Å². The summed E-state index contributed by atoms with van der Waals surface area (Å²) in [5.41, 5.74) is 5.60. The van der Waals surface area contributed by atoms with Gasteiger partial charge in [-0.05, 0) is 25.7 Å². The molecular weight excluding hydrogens is 271 g/mol. The highest BCUT2D eigenvalue weighted by Gasteiger charge is 2.44. The molecule has 0 aromatic carbocycles. The van der Waals surface area contributed by atoms with Gasteiger partial charge in [-0.15, -0.1) is 0 Å². The molecule has 3 atom stereocenters. The van der Waals surface area contributed by atoms with Crippen LogP contribution in [0.5, 0.6) is 0 Å². The quantitative estimate of drug-likeness (QED) is 0.821. The summed E-state index contributed by atoms with van der Waals surface area (Å²) < 4.78 is 38.5. The third kappa shape index (κ3) is 4.54. The molecule has 0 saturated carbocycles. The Balaban J connectivity index is 2.61. The maximum Gasteiger partial charge on any atom is 0.393 e. The third-order valence-corrected chi connectivity index (χ3v) is 4.02. The van der Waals surface area contributed by atoms with Gasteiger partial charge in [-0.1, -0.05) is 13.8 Å². The van der Waals surface area contributed by atoms with Gasteiger partial charge in [-0.3, -0.25) is 0 Å². The molecule has 0 radical (unpaired) electrons. The Morgan fingerprint density at radius 3 is 2.30 bits per heavy atom. The van der Waals surface area contributed by atoms with Crippen LogP contribution in [0.2, 0.25) is 0 Å². The monoisotopic (exact) mass is 295 g/mol. The number of halogens is 3. The van der Waals surface area contributed by atoms with Gasteiger partial charge >= 0.3 is 12.2 Å². The molecule has 118 valence electrons. The molecule has 1 aliphatic heterocycles. The number of nitrogens with one attached hydrogen (secondary N) is 1. The number of hydrogen-bond donors (Lipinski definition) is 2. The topological polar surface area (TPSA) is 58.4 Å². The predicted octanol–water partition coefficient (Wildman–Crippen LogP) is 2.34. The van der Waals surface area contributed by atoms with Crippen molar-refractivity contribution in [2.45, 2.75) is 51.9 Å². The number of carbonyl (C=O) groups excluding carboxylic acids is 1. The van der Waals surface area contributed by atoms with E-state index in [1.165, 1.54) is 4.90 Å². The molecule has 4 nitrogen and oxygen atoms in total. The molecule has 1 aliphatic rings. The van der Waals surface area contributed by atoms with Gasteiger partial charge in [0.25, 0.3) is 0 Å². The van der Waals surface area contributed by atoms with Crippen LogP contribution in [0.4, 0.5) is 18.0 Å². The van der Waals surface area contributed by atoms with Gasteiger partial charge in [0.2, 0.25) is 0 Å². The lowest BCUT2D eigenvalue weighted by Gasteiger charge is -2.25. The summed E-state index contributed by atoms with van der Waals surface area (Å²) in [4.78, 5) is 13.5. The Labute approximate surface area is 117 Å². The van der Waals surface area contributed by atoms with Gasteiger partial charge in [0.15, 0.2) is 0 Å². The summed E-state index contributed by atoms with van der Waals surface area (Å²) >= 11 is 0. The van der Waals surface area contributed by atoms with Crippen molar-refractivity contribution in [2.75, 3.05) is 13.1 Å². The standard InChI is InChI=1S/C13H24F3N3O/c1-8(2)9(3)18-12(20)19-6-4-10(13(14,15)16)11(17)5-7-19/h8-11H,4-7,17H2,1-3H3,(H,18,20). The van der Waals surface area contributed by atoms with E-state index in [4.69, 9.17) is 5.73 Å². The molecular formula is C13H24F3N3O. The number of alkyl halides is 3. The molecule has 3 N–H and O–H groups in total. The predicted molar refractivity (Wildman–Crippen MR) is 71.2 cm³/mol. The minimum absolute atomic E-state index is 0.0159. The lowest BCUT2D eigenvalue weighted by Crippen LogP contribution is -2.46. The molecule has 0 aromatic heterocycles. The summed E-state index contributed by atoms with van der Waals surface area (Å²) in [6.07, 6.45) is -4.25. The van der Waals surface area contributed by atoms with Crippen LogP contribution in [0.25, 0.3) is 0 Å². The second-order valence-corrected chi connectivity index (χ2v) is 5.86. The van der Waals surface area contributed by atoms with E-state index >= 15 is 0 Å². The molecule has 0 bridgehead atoms. The summed E-state index contributed by atoms with van der Waals surface area (Å²) in [6.45, 7) is 6.19. The van der Waals surface area contributed by atoms with Gasteiger partial charge in [-0.2, -0.15) is 13.2 Å². The summed E-state index contributed by atoms with van der Waals surface area (Å²) in [5.74, 6) is -1.25. The second-order valence-electron chi connectivity index (χ2n) is 5.86. The van der Waals surface area contributed by atoms with Gasteiger partial charge in [0, 0.05) is 25.2 Å². The zero-order chi connectivity index (χ0) is 15.5. The van der Waals surface area contributed by atoms with E-state index < -0.39 is 18.1 Å². The van der Waals surface area contributed by atoms with E-state index in [1.807, 2.05) is 20.8 Å². The van der Waals surface area contributed by atoms with E-state index in [0.717, 1.165) is 0 Å². The Hall–Kier alpha value is -0.980. The fraction of sp³-hybridized carbons (Fsp3) is 0.923. The highest BCUT2D eigenvalue weighted by Crippen LogP contribution is 2.33. The first-order valence-electron chi connectivity index (χ1n) is 7.00.